The van der Waals surface area contributed by atoms with Gasteiger partial charge in [-0.05, 0) is 26.0 Å². The normalized spacial score (nSPS) is 10.2. The average molecular weight is 349 g/mol. The third-order valence-corrected chi connectivity index (χ3v) is 3.85. The lowest BCUT2D eigenvalue weighted by molar-refractivity contribution is -0.145. The average Bonchev–Trinajstić information content (AvgIpc) is 3.04. The summed E-state index contributed by atoms with van der Waals surface area (Å²) in [7, 11) is 0. The Bertz CT molecular complexity index is 681. The number of thiazole rings is 1. The number of hydrogen-bond acceptors (Lipinski definition) is 7. The number of hydrogen-bond donors (Lipinski definition) is 0. The Balaban J connectivity index is 1.69. The second-order valence-corrected chi connectivity index (χ2v) is 5.79. The quantitative estimate of drug-likeness (QED) is 0.682. The zero-order valence-corrected chi connectivity index (χ0v) is 14.4. The maximum absolute atomic E-state index is 11.7. The van der Waals surface area contributed by atoms with E-state index in [1.807, 2.05) is 31.2 Å². The summed E-state index contributed by atoms with van der Waals surface area (Å²) >= 11 is 1.16. The highest BCUT2D eigenvalue weighted by molar-refractivity contribution is 7.11. The molecule has 1 aromatic heterocycles. The zero-order valence-electron chi connectivity index (χ0n) is 13.6. The van der Waals surface area contributed by atoms with Gasteiger partial charge in [-0.1, -0.05) is 17.7 Å². The molecule has 7 heteroatoms. The summed E-state index contributed by atoms with van der Waals surface area (Å²) in [5.74, 6) is -0.133. The van der Waals surface area contributed by atoms with Crippen molar-refractivity contribution in [3.63, 3.8) is 0 Å². The van der Waals surface area contributed by atoms with Gasteiger partial charge in [0.2, 0.25) is 5.01 Å². The molecule has 0 bridgehead atoms. The van der Waals surface area contributed by atoms with E-state index in [2.05, 4.69) is 4.98 Å². The highest BCUT2D eigenvalue weighted by atomic mass is 32.1. The molecule has 0 unspecified atom stereocenters. The summed E-state index contributed by atoms with van der Waals surface area (Å²) in [5, 5.41) is 1.92. The Kier molecular flexibility index (Phi) is 6.74. The molecule has 0 atom stereocenters. The second-order valence-electron chi connectivity index (χ2n) is 4.94. The lowest BCUT2D eigenvalue weighted by Gasteiger charge is -2.06. The number of ether oxygens (including phenoxy) is 3. The van der Waals surface area contributed by atoms with Gasteiger partial charge in [-0.3, -0.25) is 4.79 Å². The molecule has 128 valence electrons. The molecular weight excluding hydrogens is 330 g/mol. The van der Waals surface area contributed by atoms with Crippen molar-refractivity contribution in [3.05, 3.63) is 45.9 Å². The number of carbonyl (C=O) groups excluding carboxylic acids is 2. The van der Waals surface area contributed by atoms with Gasteiger partial charge in [0.25, 0.3) is 0 Å². The van der Waals surface area contributed by atoms with Gasteiger partial charge < -0.3 is 14.2 Å². The highest BCUT2D eigenvalue weighted by Gasteiger charge is 2.13. The third-order valence-electron chi connectivity index (χ3n) is 2.98. The van der Waals surface area contributed by atoms with Gasteiger partial charge in [0.1, 0.15) is 12.4 Å². The molecule has 2 aromatic rings. The summed E-state index contributed by atoms with van der Waals surface area (Å²) < 4.78 is 15.4. The van der Waals surface area contributed by atoms with E-state index in [0.29, 0.717) is 18.1 Å². The minimum absolute atomic E-state index is 0.0271. The van der Waals surface area contributed by atoms with Crippen molar-refractivity contribution in [2.45, 2.75) is 26.9 Å². The summed E-state index contributed by atoms with van der Waals surface area (Å²) in [4.78, 5) is 27.3. The molecule has 0 spiro atoms. The van der Waals surface area contributed by atoms with E-state index >= 15 is 0 Å². The van der Waals surface area contributed by atoms with Crippen molar-refractivity contribution in [1.82, 2.24) is 4.98 Å². The van der Waals surface area contributed by atoms with E-state index in [4.69, 9.17) is 14.2 Å². The van der Waals surface area contributed by atoms with Crippen LogP contribution < -0.4 is 4.74 Å². The first-order valence-electron chi connectivity index (χ1n) is 7.55. The van der Waals surface area contributed by atoms with Crippen molar-refractivity contribution in [3.8, 4) is 5.75 Å². The van der Waals surface area contributed by atoms with E-state index in [1.165, 1.54) is 0 Å². The largest absolute Gasteiger partial charge is 0.493 e. The zero-order chi connectivity index (χ0) is 17.4. The molecular formula is C17H19NO5S. The topological polar surface area (TPSA) is 74.7 Å². The monoisotopic (exact) mass is 349 g/mol. The smallest absolute Gasteiger partial charge is 0.367 e. The molecule has 0 N–H and O–H groups in total. The van der Waals surface area contributed by atoms with Crippen molar-refractivity contribution >= 4 is 23.3 Å². The predicted octanol–water partition coefficient (Wildman–Crippen LogP) is 3.14. The highest BCUT2D eigenvalue weighted by Crippen LogP contribution is 2.13. The molecule has 2 rings (SSSR count). The number of carbonyl (C=O) groups is 2. The van der Waals surface area contributed by atoms with Crippen molar-refractivity contribution in [1.29, 1.82) is 0 Å². The molecule has 0 amide bonds. The van der Waals surface area contributed by atoms with Crippen LogP contribution in [0.1, 0.15) is 34.4 Å². The van der Waals surface area contributed by atoms with E-state index in [-0.39, 0.29) is 30.6 Å². The van der Waals surface area contributed by atoms with Gasteiger partial charge in [0.15, 0.2) is 0 Å². The lowest BCUT2D eigenvalue weighted by Crippen LogP contribution is -2.10. The Morgan fingerprint density at radius 3 is 2.62 bits per heavy atom. The maximum atomic E-state index is 11.7. The number of benzene rings is 1. The van der Waals surface area contributed by atoms with Crippen LogP contribution in [0.4, 0.5) is 0 Å². The first-order valence-corrected chi connectivity index (χ1v) is 8.43. The molecule has 0 radical (unpaired) electrons. The Morgan fingerprint density at radius 1 is 1.17 bits per heavy atom. The minimum Gasteiger partial charge on any atom is -0.493 e. The van der Waals surface area contributed by atoms with Gasteiger partial charge >= 0.3 is 11.9 Å². The summed E-state index contributed by atoms with van der Waals surface area (Å²) in [6.45, 7) is 4.29. The molecule has 0 aliphatic heterocycles. The van der Waals surface area contributed by atoms with Gasteiger partial charge in [-0.2, -0.15) is 0 Å². The number of rotatable bonds is 8. The SMILES string of the molecule is CCOC(=O)c1nc(COC(=O)CCOc2ccc(C)cc2)cs1. The molecule has 6 nitrogen and oxygen atoms in total. The molecule has 0 aliphatic rings. The van der Waals surface area contributed by atoms with E-state index in [1.54, 1.807) is 12.3 Å². The fourth-order valence-corrected chi connectivity index (χ4v) is 2.47. The van der Waals surface area contributed by atoms with Crippen molar-refractivity contribution < 1.29 is 23.8 Å². The molecule has 0 aliphatic carbocycles. The van der Waals surface area contributed by atoms with Crippen LogP contribution in [0.2, 0.25) is 0 Å². The van der Waals surface area contributed by atoms with E-state index in [9.17, 15) is 9.59 Å². The predicted molar refractivity (Wildman–Crippen MR) is 89.2 cm³/mol. The molecule has 0 saturated carbocycles. The minimum atomic E-state index is -0.466. The number of esters is 2. The summed E-state index contributed by atoms with van der Waals surface area (Å²) in [6, 6.07) is 7.59. The first-order chi connectivity index (χ1) is 11.6. The molecule has 0 fully saturated rings. The van der Waals surface area contributed by atoms with Gasteiger partial charge in [-0.15, -0.1) is 11.3 Å². The van der Waals surface area contributed by atoms with Crippen LogP contribution in [0.3, 0.4) is 0 Å². The van der Waals surface area contributed by atoms with Crippen molar-refractivity contribution in [2.75, 3.05) is 13.2 Å². The van der Waals surface area contributed by atoms with Gasteiger partial charge in [-0.25, -0.2) is 9.78 Å². The van der Waals surface area contributed by atoms with Crippen LogP contribution in [0.15, 0.2) is 29.6 Å². The van der Waals surface area contributed by atoms with E-state index in [0.717, 1.165) is 16.9 Å². The second kappa shape index (κ2) is 9.02. The van der Waals surface area contributed by atoms with Crippen LogP contribution in [-0.4, -0.2) is 30.1 Å². The van der Waals surface area contributed by atoms with Crippen LogP contribution in [0.5, 0.6) is 5.75 Å². The molecule has 1 aromatic carbocycles. The van der Waals surface area contributed by atoms with Crippen LogP contribution in [0, 0.1) is 6.92 Å². The molecule has 24 heavy (non-hydrogen) atoms. The first kappa shape index (κ1) is 17.9. The maximum Gasteiger partial charge on any atom is 0.367 e. The summed E-state index contributed by atoms with van der Waals surface area (Å²) in [6.07, 6.45) is 0.142. The van der Waals surface area contributed by atoms with Crippen LogP contribution in [0.25, 0.3) is 0 Å². The van der Waals surface area contributed by atoms with Crippen LogP contribution in [-0.2, 0) is 20.9 Å². The van der Waals surface area contributed by atoms with Crippen LogP contribution >= 0.6 is 11.3 Å². The Hall–Kier alpha value is -2.41. The molecule has 1 heterocycles. The number of aromatic nitrogens is 1. The summed E-state index contributed by atoms with van der Waals surface area (Å²) in [5.41, 5.74) is 1.67. The van der Waals surface area contributed by atoms with Gasteiger partial charge in [0.05, 0.1) is 25.3 Å². The lowest BCUT2D eigenvalue weighted by atomic mass is 10.2. The fraction of sp³-hybridized carbons (Fsp3) is 0.353. The standard InChI is InChI=1S/C17H19NO5S/c1-3-21-17(20)16-18-13(11-24-16)10-23-15(19)8-9-22-14-6-4-12(2)5-7-14/h4-7,11H,3,8-10H2,1-2H3. The molecule has 0 saturated heterocycles. The Labute approximate surface area is 144 Å². The third kappa shape index (κ3) is 5.66. The van der Waals surface area contributed by atoms with Crippen molar-refractivity contribution in [2.24, 2.45) is 0 Å². The van der Waals surface area contributed by atoms with E-state index < -0.39 is 5.97 Å². The number of aryl methyl sites for hydroxylation is 1. The fourth-order valence-electron chi connectivity index (χ4n) is 1.77. The van der Waals surface area contributed by atoms with Gasteiger partial charge in [0, 0.05) is 5.38 Å². The number of nitrogens with zero attached hydrogens (tertiary/aromatic N) is 1. The Morgan fingerprint density at radius 2 is 1.92 bits per heavy atom.